The molecule has 3 nitrogen and oxygen atoms in total. The van der Waals surface area contributed by atoms with E-state index in [1.807, 2.05) is 31.3 Å². The van der Waals surface area contributed by atoms with Crippen molar-refractivity contribution in [2.24, 2.45) is 5.92 Å². The molecule has 0 radical (unpaired) electrons. The van der Waals surface area contributed by atoms with E-state index in [0.29, 0.717) is 5.92 Å². The van der Waals surface area contributed by atoms with Gasteiger partial charge >= 0.3 is 0 Å². The number of benzene rings is 1. The first kappa shape index (κ1) is 15.4. The summed E-state index contributed by atoms with van der Waals surface area (Å²) >= 11 is 0. The van der Waals surface area contributed by atoms with Crippen molar-refractivity contribution in [1.29, 1.82) is 0 Å². The first-order chi connectivity index (χ1) is 10.1. The van der Waals surface area contributed by atoms with Crippen LogP contribution in [-0.4, -0.2) is 19.1 Å². The van der Waals surface area contributed by atoms with Crippen LogP contribution in [-0.2, 0) is 13.0 Å². The third-order valence-corrected chi connectivity index (χ3v) is 3.36. The van der Waals surface area contributed by atoms with Crippen molar-refractivity contribution >= 4 is 11.5 Å². The summed E-state index contributed by atoms with van der Waals surface area (Å²) in [5.41, 5.74) is 3.76. The molecule has 0 spiro atoms. The Labute approximate surface area is 128 Å². The predicted octanol–water partition coefficient (Wildman–Crippen LogP) is 3.96. The lowest BCUT2D eigenvalue weighted by Gasteiger charge is -2.17. The molecule has 2 rings (SSSR count). The molecule has 0 saturated carbocycles. The maximum absolute atomic E-state index is 4.40. The Kier molecular flexibility index (Phi) is 5.20. The molecule has 1 aromatic heterocycles. The Morgan fingerprint density at radius 1 is 1.05 bits per heavy atom. The summed E-state index contributed by atoms with van der Waals surface area (Å²) < 4.78 is 0. The predicted molar refractivity (Wildman–Crippen MR) is 90.9 cm³/mol. The van der Waals surface area contributed by atoms with E-state index in [1.165, 1.54) is 11.1 Å². The Morgan fingerprint density at radius 3 is 2.33 bits per heavy atom. The van der Waals surface area contributed by atoms with E-state index < -0.39 is 0 Å². The molecule has 1 heterocycles. The van der Waals surface area contributed by atoms with E-state index in [9.17, 15) is 0 Å². The lowest BCUT2D eigenvalue weighted by molar-refractivity contribution is 0.647. The fourth-order valence-electron chi connectivity index (χ4n) is 2.35. The minimum absolute atomic E-state index is 0.701. The van der Waals surface area contributed by atoms with E-state index in [1.54, 1.807) is 0 Å². The van der Waals surface area contributed by atoms with Crippen molar-refractivity contribution in [3.05, 3.63) is 53.7 Å². The van der Waals surface area contributed by atoms with Gasteiger partial charge in [0.1, 0.15) is 0 Å². The first-order valence-electron chi connectivity index (χ1n) is 7.50. The molecule has 2 aromatic rings. The number of pyridine rings is 1. The highest BCUT2D eigenvalue weighted by atomic mass is 15.2. The largest absolute Gasteiger partial charge is 0.378 e. The van der Waals surface area contributed by atoms with E-state index in [0.717, 1.165) is 24.5 Å². The number of anilines is 2. The molecule has 0 aliphatic carbocycles. The van der Waals surface area contributed by atoms with Gasteiger partial charge in [0.2, 0.25) is 0 Å². The summed E-state index contributed by atoms with van der Waals surface area (Å²) in [6.07, 6.45) is 2.96. The molecular formula is C18H25N3. The summed E-state index contributed by atoms with van der Waals surface area (Å²) in [6, 6.07) is 12.9. The van der Waals surface area contributed by atoms with Gasteiger partial charge in [-0.3, -0.25) is 0 Å². The molecule has 112 valence electrons. The second kappa shape index (κ2) is 7.11. The SMILES string of the molecule is CC(C)Cc1ccc(CNc2cccnc2N(C)C)cc1. The van der Waals surface area contributed by atoms with Crippen LogP contribution < -0.4 is 10.2 Å². The van der Waals surface area contributed by atoms with Crippen molar-refractivity contribution < 1.29 is 0 Å². The quantitative estimate of drug-likeness (QED) is 0.870. The highest BCUT2D eigenvalue weighted by Crippen LogP contribution is 2.21. The minimum atomic E-state index is 0.701. The molecule has 0 bridgehead atoms. The molecule has 0 amide bonds. The van der Waals surface area contributed by atoms with E-state index in [4.69, 9.17) is 0 Å². The van der Waals surface area contributed by atoms with Crippen LogP contribution in [0.2, 0.25) is 0 Å². The van der Waals surface area contributed by atoms with Crippen LogP contribution in [0.15, 0.2) is 42.6 Å². The van der Waals surface area contributed by atoms with Crippen LogP contribution in [0, 0.1) is 5.92 Å². The fraction of sp³-hybridized carbons (Fsp3) is 0.389. The van der Waals surface area contributed by atoms with E-state index >= 15 is 0 Å². The summed E-state index contributed by atoms with van der Waals surface area (Å²) in [5, 5.41) is 3.47. The van der Waals surface area contributed by atoms with Crippen molar-refractivity contribution in [2.75, 3.05) is 24.3 Å². The molecule has 1 N–H and O–H groups in total. The number of hydrogen-bond donors (Lipinski definition) is 1. The lowest BCUT2D eigenvalue weighted by atomic mass is 10.0. The molecule has 0 saturated heterocycles. The smallest absolute Gasteiger partial charge is 0.151 e. The average molecular weight is 283 g/mol. The fourth-order valence-corrected chi connectivity index (χ4v) is 2.35. The van der Waals surface area contributed by atoms with Crippen LogP contribution in [0.1, 0.15) is 25.0 Å². The van der Waals surface area contributed by atoms with Gasteiger partial charge in [-0.2, -0.15) is 0 Å². The Morgan fingerprint density at radius 2 is 1.71 bits per heavy atom. The third kappa shape index (κ3) is 4.48. The number of nitrogens with zero attached hydrogens (tertiary/aromatic N) is 2. The van der Waals surface area contributed by atoms with Gasteiger partial charge < -0.3 is 10.2 Å². The Bertz CT molecular complexity index is 559. The number of nitrogens with one attached hydrogen (secondary N) is 1. The molecule has 21 heavy (non-hydrogen) atoms. The van der Waals surface area contributed by atoms with Crippen LogP contribution >= 0.6 is 0 Å². The van der Waals surface area contributed by atoms with Crippen LogP contribution in [0.5, 0.6) is 0 Å². The van der Waals surface area contributed by atoms with Crippen molar-refractivity contribution in [1.82, 2.24) is 4.98 Å². The second-order valence-corrected chi connectivity index (χ2v) is 6.04. The van der Waals surface area contributed by atoms with Gasteiger partial charge in [0.15, 0.2) is 5.82 Å². The Balaban J connectivity index is 2.00. The van der Waals surface area contributed by atoms with Gasteiger partial charge in [-0.05, 0) is 35.6 Å². The molecule has 0 fully saturated rings. The first-order valence-corrected chi connectivity index (χ1v) is 7.50. The Hall–Kier alpha value is -2.03. The molecule has 0 aliphatic heterocycles. The van der Waals surface area contributed by atoms with Gasteiger partial charge in [-0.25, -0.2) is 4.98 Å². The zero-order valence-electron chi connectivity index (χ0n) is 13.4. The van der Waals surface area contributed by atoms with Crippen molar-refractivity contribution in [3.63, 3.8) is 0 Å². The maximum atomic E-state index is 4.40. The summed E-state index contributed by atoms with van der Waals surface area (Å²) in [4.78, 5) is 6.42. The van der Waals surface area contributed by atoms with Gasteiger partial charge in [0.05, 0.1) is 5.69 Å². The average Bonchev–Trinajstić information content (AvgIpc) is 2.46. The summed E-state index contributed by atoms with van der Waals surface area (Å²) in [5.74, 6) is 1.67. The molecule has 0 aliphatic rings. The number of rotatable bonds is 6. The standard InChI is InChI=1S/C18H25N3/c1-14(2)12-15-7-9-16(10-8-15)13-20-17-6-5-11-19-18(17)21(3)4/h5-11,14,20H,12-13H2,1-4H3. The topological polar surface area (TPSA) is 28.2 Å². The monoisotopic (exact) mass is 283 g/mol. The van der Waals surface area contributed by atoms with Crippen molar-refractivity contribution in [2.45, 2.75) is 26.8 Å². The van der Waals surface area contributed by atoms with Gasteiger partial charge in [0.25, 0.3) is 0 Å². The van der Waals surface area contributed by atoms with Gasteiger partial charge in [-0.1, -0.05) is 38.1 Å². The van der Waals surface area contributed by atoms with E-state index in [2.05, 4.69) is 54.5 Å². The highest BCUT2D eigenvalue weighted by molar-refractivity contribution is 5.64. The van der Waals surface area contributed by atoms with Crippen LogP contribution in [0.3, 0.4) is 0 Å². The second-order valence-electron chi connectivity index (χ2n) is 6.04. The zero-order chi connectivity index (χ0) is 15.2. The summed E-state index contributed by atoms with van der Waals surface area (Å²) in [6.45, 7) is 5.32. The van der Waals surface area contributed by atoms with Crippen molar-refractivity contribution in [3.8, 4) is 0 Å². The normalized spacial score (nSPS) is 10.7. The van der Waals surface area contributed by atoms with Gasteiger partial charge in [-0.15, -0.1) is 0 Å². The molecule has 1 aromatic carbocycles. The minimum Gasteiger partial charge on any atom is -0.378 e. The maximum Gasteiger partial charge on any atom is 0.151 e. The van der Waals surface area contributed by atoms with Gasteiger partial charge in [0, 0.05) is 26.8 Å². The third-order valence-electron chi connectivity index (χ3n) is 3.36. The van der Waals surface area contributed by atoms with Crippen LogP contribution in [0.25, 0.3) is 0 Å². The number of aromatic nitrogens is 1. The van der Waals surface area contributed by atoms with E-state index in [-0.39, 0.29) is 0 Å². The molecule has 3 heteroatoms. The lowest BCUT2D eigenvalue weighted by Crippen LogP contribution is -2.13. The zero-order valence-corrected chi connectivity index (χ0v) is 13.4. The number of hydrogen-bond acceptors (Lipinski definition) is 3. The summed E-state index contributed by atoms with van der Waals surface area (Å²) in [7, 11) is 4.02. The molecule has 0 atom stereocenters. The van der Waals surface area contributed by atoms with Crippen LogP contribution in [0.4, 0.5) is 11.5 Å². The molecule has 0 unspecified atom stereocenters. The highest BCUT2D eigenvalue weighted by Gasteiger charge is 2.05. The molecular weight excluding hydrogens is 258 g/mol.